The molecule has 4 nitrogen and oxygen atoms in total. The molecular weight excluding hydrogens is 357 g/mol. The third-order valence-corrected chi connectivity index (χ3v) is 3.77. The van der Waals surface area contributed by atoms with Crippen molar-refractivity contribution in [1.82, 2.24) is 0 Å². The Hall–Kier alpha value is -1.75. The fourth-order valence-corrected chi connectivity index (χ4v) is 2.63. The number of carbonyl (C=O) groups is 1. The number of nitrogens with two attached hydrogens (primary N) is 2. The van der Waals surface area contributed by atoms with E-state index in [0.717, 1.165) is 11.1 Å². The van der Waals surface area contributed by atoms with Crippen LogP contribution in [0.5, 0.6) is 0 Å². The summed E-state index contributed by atoms with van der Waals surface area (Å²) in [5, 5.41) is 1.05. The van der Waals surface area contributed by atoms with Crippen LogP contribution in [0.15, 0.2) is 53.5 Å². The maximum absolute atomic E-state index is 12.3. The number of rotatable bonds is 4. The van der Waals surface area contributed by atoms with Gasteiger partial charge in [0.15, 0.2) is 5.96 Å². The molecule has 2 rings (SSSR count). The van der Waals surface area contributed by atoms with Crippen molar-refractivity contribution in [2.75, 3.05) is 0 Å². The molecule has 0 aliphatic carbocycles. The Balaban J connectivity index is 0.00000264. The predicted molar refractivity (Wildman–Crippen MR) is 97.4 cm³/mol. The number of halogens is 3. The summed E-state index contributed by atoms with van der Waals surface area (Å²) in [4.78, 5) is 16.0. The molecule has 23 heavy (non-hydrogen) atoms. The largest absolute Gasteiger partial charge is 0.370 e. The fraction of sp³-hybridized carbons (Fsp3) is 0.125. The first-order valence-electron chi connectivity index (χ1n) is 6.59. The summed E-state index contributed by atoms with van der Waals surface area (Å²) < 4.78 is 0. The molecule has 0 saturated carbocycles. The number of amides is 1. The third-order valence-electron chi connectivity index (χ3n) is 3.18. The van der Waals surface area contributed by atoms with Gasteiger partial charge in [-0.25, -0.2) is 0 Å². The topological polar surface area (TPSA) is 81.5 Å². The lowest BCUT2D eigenvalue weighted by atomic mass is 9.91. The first-order chi connectivity index (χ1) is 10.5. The molecule has 0 bridgehead atoms. The van der Waals surface area contributed by atoms with Crippen molar-refractivity contribution in [1.29, 1.82) is 0 Å². The number of hydrogen-bond acceptors (Lipinski definition) is 1. The Labute approximate surface area is 150 Å². The molecule has 0 unspecified atom stereocenters. The highest BCUT2D eigenvalue weighted by Gasteiger charge is 2.22. The standard InChI is InChI=1S/C16H15Cl2N3O.ClH/c17-12-7-6-11(14(18)9-12)8-13(15(22)21-16(19)20)10-4-2-1-3-5-10;/h1-7,9,13H,8H2,(H4,19,20,21,22);1H/t13-;/m1./s1. The Morgan fingerprint density at radius 3 is 2.30 bits per heavy atom. The van der Waals surface area contributed by atoms with E-state index in [1.54, 1.807) is 18.2 Å². The highest BCUT2D eigenvalue weighted by molar-refractivity contribution is 6.35. The first kappa shape index (κ1) is 19.3. The van der Waals surface area contributed by atoms with Crippen LogP contribution in [0.25, 0.3) is 0 Å². The molecule has 0 radical (unpaired) electrons. The van der Waals surface area contributed by atoms with Gasteiger partial charge in [-0.05, 0) is 29.7 Å². The van der Waals surface area contributed by atoms with Crippen molar-refractivity contribution in [3.63, 3.8) is 0 Å². The molecule has 1 amide bonds. The van der Waals surface area contributed by atoms with Crippen LogP contribution in [-0.4, -0.2) is 11.9 Å². The van der Waals surface area contributed by atoms with Crippen LogP contribution in [0.4, 0.5) is 0 Å². The molecule has 1 atom stereocenters. The number of aliphatic imine (C=N–C) groups is 1. The molecule has 4 N–H and O–H groups in total. The van der Waals surface area contributed by atoms with Gasteiger partial charge in [-0.2, -0.15) is 4.99 Å². The highest BCUT2D eigenvalue weighted by atomic mass is 35.5. The summed E-state index contributed by atoms with van der Waals surface area (Å²) >= 11 is 12.1. The SMILES string of the molecule is Cl.NC(N)=NC(=O)[C@H](Cc1ccc(Cl)cc1Cl)c1ccccc1. The second-order valence-electron chi connectivity index (χ2n) is 4.78. The van der Waals surface area contributed by atoms with Crippen LogP contribution in [0.2, 0.25) is 10.0 Å². The van der Waals surface area contributed by atoms with Gasteiger partial charge in [0.2, 0.25) is 0 Å². The van der Waals surface area contributed by atoms with Gasteiger partial charge < -0.3 is 11.5 Å². The number of nitrogens with zero attached hydrogens (tertiary/aromatic N) is 1. The Morgan fingerprint density at radius 1 is 1.09 bits per heavy atom. The molecule has 0 aliphatic heterocycles. The molecule has 2 aromatic rings. The molecule has 0 aliphatic rings. The van der Waals surface area contributed by atoms with Crippen molar-refractivity contribution < 1.29 is 4.79 Å². The minimum atomic E-state index is -0.512. The lowest BCUT2D eigenvalue weighted by Gasteiger charge is -2.15. The highest BCUT2D eigenvalue weighted by Crippen LogP contribution is 2.28. The zero-order chi connectivity index (χ0) is 16.1. The van der Waals surface area contributed by atoms with Gasteiger partial charge in [0.05, 0.1) is 5.92 Å². The second kappa shape index (κ2) is 8.77. The molecule has 0 saturated heterocycles. The van der Waals surface area contributed by atoms with Crippen molar-refractivity contribution in [2.24, 2.45) is 16.5 Å². The van der Waals surface area contributed by atoms with E-state index in [0.29, 0.717) is 16.5 Å². The molecule has 2 aromatic carbocycles. The van der Waals surface area contributed by atoms with E-state index in [2.05, 4.69) is 4.99 Å². The minimum Gasteiger partial charge on any atom is -0.370 e. The van der Waals surface area contributed by atoms with E-state index in [-0.39, 0.29) is 18.4 Å². The zero-order valence-corrected chi connectivity index (χ0v) is 14.4. The zero-order valence-electron chi connectivity index (χ0n) is 12.1. The maximum atomic E-state index is 12.3. The van der Waals surface area contributed by atoms with Crippen LogP contribution in [0.3, 0.4) is 0 Å². The number of hydrogen-bond donors (Lipinski definition) is 2. The first-order valence-corrected chi connectivity index (χ1v) is 7.35. The summed E-state index contributed by atoms with van der Waals surface area (Å²) in [5.74, 6) is -1.17. The van der Waals surface area contributed by atoms with E-state index in [1.807, 2.05) is 30.3 Å². The van der Waals surface area contributed by atoms with E-state index >= 15 is 0 Å². The quantitative estimate of drug-likeness (QED) is 0.636. The van der Waals surface area contributed by atoms with Gasteiger partial charge in [0, 0.05) is 10.0 Å². The molecule has 0 fully saturated rings. The molecule has 0 spiro atoms. The van der Waals surface area contributed by atoms with Crippen LogP contribution in [-0.2, 0) is 11.2 Å². The van der Waals surface area contributed by atoms with E-state index in [9.17, 15) is 4.79 Å². The third kappa shape index (κ3) is 5.43. The van der Waals surface area contributed by atoms with Crippen molar-refractivity contribution >= 4 is 47.5 Å². The maximum Gasteiger partial charge on any atom is 0.256 e. The molecular formula is C16H16Cl3N3O. The van der Waals surface area contributed by atoms with Crippen molar-refractivity contribution in [3.05, 3.63) is 69.7 Å². The van der Waals surface area contributed by atoms with E-state index in [1.165, 1.54) is 0 Å². The molecule has 122 valence electrons. The Bertz CT molecular complexity index is 701. The molecule has 0 aromatic heterocycles. The summed E-state index contributed by atoms with van der Waals surface area (Å²) in [5.41, 5.74) is 12.3. The lowest BCUT2D eigenvalue weighted by Crippen LogP contribution is -2.26. The smallest absolute Gasteiger partial charge is 0.256 e. The molecule has 0 heterocycles. The Morgan fingerprint density at radius 2 is 1.74 bits per heavy atom. The summed E-state index contributed by atoms with van der Waals surface area (Å²) in [6.45, 7) is 0. The van der Waals surface area contributed by atoms with Gasteiger partial charge in [-0.15, -0.1) is 12.4 Å². The summed E-state index contributed by atoms with van der Waals surface area (Å²) in [6.07, 6.45) is 0.385. The van der Waals surface area contributed by atoms with Gasteiger partial charge in [0.25, 0.3) is 5.91 Å². The fourth-order valence-electron chi connectivity index (χ4n) is 2.15. The minimum absolute atomic E-state index is 0. The van der Waals surface area contributed by atoms with Crippen molar-refractivity contribution in [2.45, 2.75) is 12.3 Å². The number of benzene rings is 2. The number of carbonyl (C=O) groups excluding carboxylic acids is 1. The molecule has 7 heteroatoms. The van der Waals surface area contributed by atoms with Crippen LogP contribution in [0.1, 0.15) is 17.0 Å². The summed E-state index contributed by atoms with van der Waals surface area (Å²) in [7, 11) is 0. The van der Waals surface area contributed by atoms with Gasteiger partial charge in [0.1, 0.15) is 0 Å². The van der Waals surface area contributed by atoms with Gasteiger partial charge in [-0.1, -0.05) is 59.6 Å². The van der Waals surface area contributed by atoms with E-state index in [4.69, 9.17) is 34.7 Å². The van der Waals surface area contributed by atoms with Gasteiger partial charge in [-0.3, -0.25) is 4.79 Å². The van der Waals surface area contributed by atoms with E-state index < -0.39 is 11.8 Å². The lowest BCUT2D eigenvalue weighted by molar-refractivity contribution is -0.119. The summed E-state index contributed by atoms with van der Waals surface area (Å²) in [6, 6.07) is 14.5. The van der Waals surface area contributed by atoms with Gasteiger partial charge >= 0.3 is 0 Å². The monoisotopic (exact) mass is 371 g/mol. The average molecular weight is 373 g/mol. The Kier molecular flexibility index (Phi) is 7.36. The van der Waals surface area contributed by atoms with Crippen LogP contribution in [0, 0.1) is 0 Å². The van der Waals surface area contributed by atoms with Crippen LogP contribution < -0.4 is 11.5 Å². The van der Waals surface area contributed by atoms with Crippen molar-refractivity contribution in [3.8, 4) is 0 Å². The number of guanidine groups is 1. The predicted octanol–water partition coefficient (Wildman–Crippen LogP) is 3.54. The average Bonchev–Trinajstić information content (AvgIpc) is 2.46. The van der Waals surface area contributed by atoms with Crippen LogP contribution >= 0.6 is 35.6 Å². The normalized spacial score (nSPS) is 11.2. The second-order valence-corrected chi connectivity index (χ2v) is 5.62.